The smallest absolute Gasteiger partial charge is 0.197 e. The molecule has 0 atom stereocenters. The second-order valence-corrected chi connectivity index (χ2v) is 4.81. The van der Waals surface area contributed by atoms with Crippen molar-refractivity contribution in [1.29, 1.82) is 0 Å². The molecule has 0 spiro atoms. The molecule has 4 nitrogen and oxygen atoms in total. The summed E-state index contributed by atoms with van der Waals surface area (Å²) in [6, 6.07) is 5.69. The number of hydrogen-bond donors (Lipinski definition) is 1. The van der Waals surface area contributed by atoms with Crippen LogP contribution in [-0.4, -0.2) is 17.6 Å². The number of methoxy groups -OCH3 is 1. The number of rotatable bonds is 3. The zero-order valence-electron chi connectivity index (χ0n) is 9.90. The molecule has 0 saturated heterocycles. The van der Waals surface area contributed by atoms with Gasteiger partial charge in [0.25, 0.3) is 0 Å². The Morgan fingerprint density at radius 2 is 2.29 bits per heavy atom. The van der Waals surface area contributed by atoms with E-state index in [1.807, 2.05) is 18.2 Å². The Morgan fingerprint density at radius 3 is 2.94 bits per heavy atom. The summed E-state index contributed by atoms with van der Waals surface area (Å²) in [5.41, 5.74) is 7.64. The van der Waals surface area contributed by atoms with E-state index in [0.29, 0.717) is 12.3 Å². The molecule has 2 N–H and O–H groups in total. The topological polar surface area (TPSA) is 61.3 Å². The van der Waals surface area contributed by atoms with E-state index >= 15 is 0 Å². The average molecular weight is 232 g/mol. The summed E-state index contributed by atoms with van der Waals surface area (Å²) in [5.74, 6) is 1.46. The Labute approximate surface area is 99.8 Å². The third-order valence-electron chi connectivity index (χ3n) is 3.50. The molecule has 4 heteroatoms. The fourth-order valence-corrected chi connectivity index (χ4v) is 2.32. The number of ether oxygens (including phenoxy) is 1. The molecule has 1 aliphatic rings. The van der Waals surface area contributed by atoms with Crippen LogP contribution in [0.5, 0.6) is 5.75 Å². The number of aromatic nitrogens is 1. The number of nitrogens with two attached hydrogens (primary N) is 1. The van der Waals surface area contributed by atoms with Crippen LogP contribution in [-0.2, 0) is 6.42 Å². The van der Waals surface area contributed by atoms with Crippen molar-refractivity contribution >= 4 is 11.1 Å². The summed E-state index contributed by atoms with van der Waals surface area (Å²) in [6.45, 7) is 0. The molecular weight excluding hydrogens is 216 g/mol. The molecule has 1 heterocycles. The van der Waals surface area contributed by atoms with Gasteiger partial charge in [-0.25, -0.2) is 4.98 Å². The molecule has 1 aromatic heterocycles. The van der Waals surface area contributed by atoms with E-state index in [4.69, 9.17) is 14.9 Å². The summed E-state index contributed by atoms with van der Waals surface area (Å²) < 4.78 is 11.0. The SMILES string of the molecule is COc1cccc2oc(CC3(N)CCC3)nc12. The van der Waals surface area contributed by atoms with Crippen molar-refractivity contribution in [3.8, 4) is 5.75 Å². The minimum atomic E-state index is -0.103. The van der Waals surface area contributed by atoms with E-state index in [9.17, 15) is 0 Å². The van der Waals surface area contributed by atoms with E-state index in [1.54, 1.807) is 7.11 Å². The van der Waals surface area contributed by atoms with Crippen LogP contribution >= 0.6 is 0 Å². The van der Waals surface area contributed by atoms with Crippen molar-refractivity contribution < 1.29 is 9.15 Å². The van der Waals surface area contributed by atoms with Crippen molar-refractivity contribution in [3.05, 3.63) is 24.1 Å². The largest absolute Gasteiger partial charge is 0.494 e. The quantitative estimate of drug-likeness (QED) is 0.881. The molecule has 1 aromatic carbocycles. The maximum absolute atomic E-state index is 6.20. The standard InChI is InChI=1S/C13H16N2O2/c1-16-9-4-2-5-10-12(9)15-11(17-10)8-13(14)6-3-7-13/h2,4-5H,3,6-8,14H2,1H3. The van der Waals surface area contributed by atoms with Gasteiger partial charge in [-0.05, 0) is 31.4 Å². The lowest BCUT2D eigenvalue weighted by atomic mass is 9.75. The van der Waals surface area contributed by atoms with Gasteiger partial charge in [-0.3, -0.25) is 0 Å². The minimum Gasteiger partial charge on any atom is -0.494 e. The number of hydrogen-bond acceptors (Lipinski definition) is 4. The number of para-hydroxylation sites is 1. The van der Waals surface area contributed by atoms with E-state index in [0.717, 1.165) is 29.7 Å². The van der Waals surface area contributed by atoms with Crippen LogP contribution < -0.4 is 10.5 Å². The highest BCUT2D eigenvalue weighted by molar-refractivity contribution is 5.79. The van der Waals surface area contributed by atoms with Gasteiger partial charge in [-0.15, -0.1) is 0 Å². The third-order valence-corrected chi connectivity index (χ3v) is 3.50. The molecule has 0 radical (unpaired) electrons. The Balaban J connectivity index is 1.96. The third kappa shape index (κ3) is 1.78. The van der Waals surface area contributed by atoms with E-state index < -0.39 is 0 Å². The Bertz CT molecular complexity index is 543. The molecular formula is C13H16N2O2. The predicted molar refractivity (Wildman–Crippen MR) is 65.0 cm³/mol. The second kappa shape index (κ2) is 3.74. The zero-order chi connectivity index (χ0) is 11.9. The summed E-state index contributed by atoms with van der Waals surface area (Å²) in [7, 11) is 1.64. The first-order valence-corrected chi connectivity index (χ1v) is 5.91. The normalized spacial score (nSPS) is 18.0. The Kier molecular flexibility index (Phi) is 2.33. The maximum Gasteiger partial charge on any atom is 0.197 e. The first kappa shape index (κ1) is 10.6. The average Bonchev–Trinajstić information content (AvgIpc) is 2.68. The van der Waals surface area contributed by atoms with Crippen LogP contribution in [0.3, 0.4) is 0 Å². The number of nitrogens with zero attached hydrogens (tertiary/aromatic N) is 1. The minimum absolute atomic E-state index is 0.103. The Morgan fingerprint density at radius 1 is 1.47 bits per heavy atom. The second-order valence-electron chi connectivity index (χ2n) is 4.81. The van der Waals surface area contributed by atoms with Gasteiger partial charge in [-0.1, -0.05) is 6.07 Å². The monoisotopic (exact) mass is 232 g/mol. The van der Waals surface area contributed by atoms with Gasteiger partial charge >= 0.3 is 0 Å². The molecule has 0 amide bonds. The molecule has 0 aliphatic heterocycles. The fourth-order valence-electron chi connectivity index (χ4n) is 2.32. The molecule has 1 aliphatic carbocycles. The maximum atomic E-state index is 6.20. The van der Waals surface area contributed by atoms with Crippen LogP contribution in [0.1, 0.15) is 25.2 Å². The van der Waals surface area contributed by atoms with Crippen LogP contribution in [0.4, 0.5) is 0 Å². The van der Waals surface area contributed by atoms with Crippen LogP contribution in [0.2, 0.25) is 0 Å². The highest BCUT2D eigenvalue weighted by Gasteiger charge is 2.34. The van der Waals surface area contributed by atoms with Gasteiger partial charge < -0.3 is 14.9 Å². The fraction of sp³-hybridized carbons (Fsp3) is 0.462. The molecule has 2 aromatic rings. The predicted octanol–water partition coefficient (Wildman–Crippen LogP) is 2.26. The van der Waals surface area contributed by atoms with Gasteiger partial charge in [0, 0.05) is 12.0 Å². The van der Waals surface area contributed by atoms with Crippen molar-refractivity contribution in [2.45, 2.75) is 31.2 Å². The highest BCUT2D eigenvalue weighted by Crippen LogP contribution is 2.34. The summed E-state index contributed by atoms with van der Waals surface area (Å²) in [6.07, 6.45) is 4.04. The highest BCUT2D eigenvalue weighted by atomic mass is 16.5. The van der Waals surface area contributed by atoms with Crippen LogP contribution in [0.25, 0.3) is 11.1 Å². The molecule has 90 valence electrons. The molecule has 17 heavy (non-hydrogen) atoms. The van der Waals surface area contributed by atoms with Crippen molar-refractivity contribution in [1.82, 2.24) is 4.98 Å². The first-order valence-electron chi connectivity index (χ1n) is 5.91. The van der Waals surface area contributed by atoms with Gasteiger partial charge in [0.15, 0.2) is 17.0 Å². The molecule has 3 rings (SSSR count). The van der Waals surface area contributed by atoms with E-state index in [1.165, 1.54) is 6.42 Å². The summed E-state index contributed by atoms with van der Waals surface area (Å²) >= 11 is 0. The number of fused-ring (bicyclic) bond motifs is 1. The molecule has 1 fully saturated rings. The molecule has 0 unspecified atom stereocenters. The summed E-state index contributed by atoms with van der Waals surface area (Å²) in [5, 5.41) is 0. The Hall–Kier alpha value is -1.55. The van der Waals surface area contributed by atoms with Gasteiger partial charge in [0.1, 0.15) is 5.75 Å². The molecule has 1 saturated carbocycles. The molecule has 0 bridgehead atoms. The zero-order valence-corrected chi connectivity index (χ0v) is 9.90. The lowest BCUT2D eigenvalue weighted by molar-refractivity contribution is 0.232. The van der Waals surface area contributed by atoms with Crippen molar-refractivity contribution in [3.63, 3.8) is 0 Å². The number of benzene rings is 1. The lowest BCUT2D eigenvalue weighted by Gasteiger charge is -2.36. The van der Waals surface area contributed by atoms with Gasteiger partial charge in [0.2, 0.25) is 0 Å². The van der Waals surface area contributed by atoms with Gasteiger partial charge in [-0.2, -0.15) is 0 Å². The van der Waals surface area contributed by atoms with E-state index in [2.05, 4.69) is 4.98 Å². The first-order chi connectivity index (χ1) is 8.20. The van der Waals surface area contributed by atoms with Crippen molar-refractivity contribution in [2.75, 3.05) is 7.11 Å². The summed E-state index contributed by atoms with van der Waals surface area (Å²) in [4.78, 5) is 4.48. The van der Waals surface area contributed by atoms with E-state index in [-0.39, 0.29) is 5.54 Å². The lowest BCUT2D eigenvalue weighted by Crippen LogP contribution is -2.48. The van der Waals surface area contributed by atoms with Crippen molar-refractivity contribution in [2.24, 2.45) is 5.73 Å². The van der Waals surface area contributed by atoms with Crippen LogP contribution in [0, 0.1) is 0 Å². The van der Waals surface area contributed by atoms with Crippen LogP contribution in [0.15, 0.2) is 22.6 Å². The number of oxazole rings is 1. The van der Waals surface area contributed by atoms with Gasteiger partial charge in [0.05, 0.1) is 7.11 Å².